The molecule has 0 saturated heterocycles. The zero-order valence-electron chi connectivity index (χ0n) is 45.3. The summed E-state index contributed by atoms with van der Waals surface area (Å²) >= 11 is 0. The molecule has 0 aromatic heterocycles. The molecule has 0 saturated carbocycles. The van der Waals surface area contributed by atoms with Crippen LogP contribution in [-0.4, -0.2) is 134 Å². The van der Waals surface area contributed by atoms with Crippen LogP contribution in [0.3, 0.4) is 0 Å². The Bertz CT molecular complexity index is 3130. The first kappa shape index (κ1) is 55.2. The average Bonchev–Trinajstić information content (AvgIpc) is 4.32. The third kappa shape index (κ3) is 12.6. The van der Waals surface area contributed by atoms with Crippen molar-refractivity contribution in [1.82, 2.24) is 25.3 Å². The highest BCUT2D eigenvalue weighted by Gasteiger charge is 2.36. The molecule has 19 nitrogen and oxygen atoms in total. The first-order chi connectivity index (χ1) is 38.2. The number of fused-ring (bicyclic) bond motifs is 4. The van der Waals surface area contributed by atoms with Crippen molar-refractivity contribution in [3.8, 4) is 28.7 Å². The Hall–Kier alpha value is -8.58. The van der Waals surface area contributed by atoms with Crippen molar-refractivity contribution in [2.24, 2.45) is 15.9 Å². The third-order valence-corrected chi connectivity index (χ3v) is 14.5. The van der Waals surface area contributed by atoms with Crippen molar-refractivity contribution in [1.29, 1.82) is 0 Å². The van der Waals surface area contributed by atoms with Gasteiger partial charge in [0.25, 0.3) is 23.6 Å². The van der Waals surface area contributed by atoms with Crippen molar-refractivity contribution in [3.05, 3.63) is 120 Å². The quantitative estimate of drug-likeness (QED) is 0.0449. The minimum absolute atomic E-state index is 0.0231. The van der Waals surface area contributed by atoms with E-state index in [1.165, 1.54) is 31.3 Å². The molecule has 0 unspecified atom stereocenters. The van der Waals surface area contributed by atoms with Crippen LogP contribution in [0.1, 0.15) is 97.6 Å². The molecule has 4 atom stereocenters. The second-order valence-electron chi connectivity index (χ2n) is 20.2. The van der Waals surface area contributed by atoms with E-state index in [2.05, 4.69) is 16.0 Å². The van der Waals surface area contributed by atoms with Gasteiger partial charge < -0.3 is 49.4 Å². The summed E-state index contributed by atoms with van der Waals surface area (Å²) in [6.07, 6.45) is 14.7. The van der Waals surface area contributed by atoms with Crippen LogP contribution < -0.4 is 39.6 Å². The van der Waals surface area contributed by atoms with Crippen LogP contribution in [0, 0.1) is 5.92 Å². The Labute approximate surface area is 459 Å². The maximum Gasteiger partial charge on any atom is 0.260 e. The SMILES string of the molecule is COc1ccc(C2=CN3C(=O)c4cc(OC)c(OCCCOc5cc6c(cc5OC)C(=O)N5C=C(c7ccc(NC(=O)[C@H](C)NC(=O)[C@@H](NCCCCCCN8C(=O)C=CC8=O)C(C)C)cc7)C[C@H]5C=N6)cc4N=C[C@@H]3C2)cc1. The Balaban J connectivity index is 0.735. The van der Waals surface area contributed by atoms with Crippen LogP contribution in [0.2, 0.25) is 0 Å². The van der Waals surface area contributed by atoms with E-state index in [4.69, 9.17) is 33.7 Å². The summed E-state index contributed by atoms with van der Waals surface area (Å²) < 4.78 is 29.0. The topological polar surface area (TPSA) is 219 Å². The standard InChI is InChI=1S/C60H66N8O11/c1-36(2)56(61-22-9-7-8-10-23-66-54(69)20-21-55(66)70)58(72)64-37(3)57(71)65-42-16-12-38(13-17-42)40-26-43-32-62-48-30-52(50(76-5)28-46(48)59(73)67(43)34-40)78-24-11-25-79-53-31-49-47(29-51(53)77-6)60(74)68-35-41(27-44(68)33-63-49)39-14-18-45(75-4)19-15-39/h12-21,28-37,43-44,56,61H,7-11,22-27H2,1-6H3,(H,64,72)(H,65,71)/t37-,43-,44-,56-/m0/s1. The maximum atomic E-state index is 14.1. The molecule has 5 aliphatic heterocycles. The van der Waals surface area contributed by atoms with Crippen molar-refractivity contribution in [3.63, 3.8) is 0 Å². The minimum Gasteiger partial charge on any atom is -0.497 e. The smallest absolute Gasteiger partial charge is 0.260 e. The number of anilines is 1. The lowest BCUT2D eigenvalue weighted by Crippen LogP contribution is -2.52. The van der Waals surface area contributed by atoms with E-state index in [1.807, 2.05) is 62.6 Å². The molecule has 5 heterocycles. The van der Waals surface area contributed by atoms with Gasteiger partial charge in [-0.15, -0.1) is 0 Å². The fourth-order valence-electron chi connectivity index (χ4n) is 10.0. The number of hydrogen-bond acceptors (Lipinski definition) is 14. The number of hydrogen-bond donors (Lipinski definition) is 3. The van der Waals surface area contributed by atoms with Crippen molar-refractivity contribution >= 4 is 76.1 Å². The summed E-state index contributed by atoms with van der Waals surface area (Å²) in [7, 11) is 4.67. The fraction of sp³-hybridized carbons (Fsp3) is 0.367. The van der Waals surface area contributed by atoms with E-state index in [0.717, 1.165) is 53.7 Å². The number of carbonyl (C=O) groups excluding carboxylic acids is 6. The van der Waals surface area contributed by atoms with E-state index < -0.39 is 12.1 Å². The molecule has 0 spiro atoms. The number of amides is 6. The van der Waals surface area contributed by atoms with E-state index in [0.29, 0.717) is 83.5 Å². The summed E-state index contributed by atoms with van der Waals surface area (Å²) in [5.41, 5.74) is 6.11. The van der Waals surface area contributed by atoms with Crippen LogP contribution in [-0.2, 0) is 19.2 Å². The summed E-state index contributed by atoms with van der Waals surface area (Å²) in [6.45, 7) is 7.05. The number of aliphatic imine (C=N–C) groups is 2. The van der Waals surface area contributed by atoms with Gasteiger partial charge in [0.1, 0.15) is 11.8 Å². The fourth-order valence-corrected chi connectivity index (χ4v) is 10.0. The van der Waals surface area contributed by atoms with Gasteiger partial charge in [-0.2, -0.15) is 0 Å². The lowest BCUT2D eigenvalue weighted by atomic mass is 10.0. The van der Waals surface area contributed by atoms with Crippen molar-refractivity contribution < 1.29 is 52.5 Å². The molecule has 0 aliphatic carbocycles. The van der Waals surface area contributed by atoms with Gasteiger partial charge in [-0.3, -0.25) is 43.7 Å². The van der Waals surface area contributed by atoms with Crippen LogP contribution in [0.4, 0.5) is 17.1 Å². The number of carbonyl (C=O) groups is 6. The Morgan fingerprint density at radius 2 is 1.14 bits per heavy atom. The van der Waals surface area contributed by atoms with Crippen molar-refractivity contribution in [2.45, 2.75) is 89.9 Å². The molecule has 3 N–H and O–H groups in total. The van der Waals surface area contributed by atoms with Crippen LogP contribution in [0.25, 0.3) is 11.1 Å². The molecule has 0 fully saturated rings. The Morgan fingerprint density at radius 3 is 1.65 bits per heavy atom. The third-order valence-electron chi connectivity index (χ3n) is 14.5. The molecule has 0 radical (unpaired) electrons. The molecule has 412 valence electrons. The molecule has 5 aliphatic rings. The number of unbranched alkanes of at least 4 members (excludes halogenated alkanes) is 3. The minimum atomic E-state index is -0.805. The van der Waals surface area contributed by atoms with Gasteiger partial charge in [0, 0.05) is 80.6 Å². The number of benzene rings is 4. The molecular formula is C60H66N8O11. The number of rotatable bonds is 24. The Kier molecular flexibility index (Phi) is 17.3. The lowest BCUT2D eigenvalue weighted by molar-refractivity contribution is -0.136. The Morgan fingerprint density at radius 1 is 0.620 bits per heavy atom. The summed E-state index contributed by atoms with van der Waals surface area (Å²) in [6, 6.07) is 20.0. The zero-order valence-corrected chi connectivity index (χ0v) is 45.3. The van der Waals surface area contributed by atoms with Gasteiger partial charge in [0.2, 0.25) is 11.8 Å². The molecule has 0 bridgehead atoms. The highest BCUT2D eigenvalue weighted by atomic mass is 16.5. The molecule has 19 heteroatoms. The second kappa shape index (κ2) is 24.8. The molecule has 4 aromatic rings. The first-order valence-electron chi connectivity index (χ1n) is 26.7. The summed E-state index contributed by atoms with van der Waals surface area (Å²) in [5, 5.41) is 9.07. The maximum absolute atomic E-state index is 14.1. The average molecular weight is 1080 g/mol. The number of nitrogens with one attached hydrogen (secondary N) is 3. The largest absolute Gasteiger partial charge is 0.497 e. The van der Waals surface area contributed by atoms with Crippen molar-refractivity contribution in [2.75, 3.05) is 52.9 Å². The number of nitrogens with zero attached hydrogens (tertiary/aromatic N) is 5. The van der Waals surface area contributed by atoms with Gasteiger partial charge in [-0.05, 0) is 90.9 Å². The van der Waals surface area contributed by atoms with Gasteiger partial charge in [-0.25, -0.2) is 0 Å². The molecule has 6 amide bonds. The number of imide groups is 1. The monoisotopic (exact) mass is 1070 g/mol. The molecule has 79 heavy (non-hydrogen) atoms. The van der Waals surface area contributed by atoms with E-state index in [-0.39, 0.29) is 66.7 Å². The van der Waals surface area contributed by atoms with Gasteiger partial charge in [0.15, 0.2) is 23.0 Å². The molecule has 9 rings (SSSR count). The predicted molar refractivity (Wildman–Crippen MR) is 300 cm³/mol. The van der Waals surface area contributed by atoms with Gasteiger partial charge in [0.05, 0.1) is 75.2 Å². The van der Waals surface area contributed by atoms with Gasteiger partial charge >= 0.3 is 0 Å². The van der Waals surface area contributed by atoms with Crippen LogP contribution in [0.5, 0.6) is 28.7 Å². The lowest BCUT2D eigenvalue weighted by Gasteiger charge is -2.24. The van der Waals surface area contributed by atoms with Crippen LogP contribution >= 0.6 is 0 Å². The summed E-state index contributed by atoms with van der Waals surface area (Å²) in [5.74, 6) is 0.797. The van der Waals surface area contributed by atoms with Gasteiger partial charge in [-0.1, -0.05) is 51.0 Å². The molecular weight excluding hydrogens is 1010 g/mol. The van der Waals surface area contributed by atoms with E-state index in [9.17, 15) is 28.8 Å². The highest BCUT2D eigenvalue weighted by Crippen LogP contribution is 2.42. The number of methoxy groups -OCH3 is 3. The highest BCUT2D eigenvalue weighted by molar-refractivity contribution is 6.13. The zero-order chi connectivity index (χ0) is 55.7. The number of ether oxygens (including phenoxy) is 5. The predicted octanol–water partition coefficient (Wildman–Crippen LogP) is 8.05. The molecule has 4 aromatic carbocycles. The van der Waals surface area contributed by atoms with E-state index in [1.54, 1.807) is 72.7 Å². The van der Waals surface area contributed by atoms with Crippen LogP contribution in [0.15, 0.2) is 107 Å². The normalized spacial score (nSPS) is 17.8. The summed E-state index contributed by atoms with van der Waals surface area (Å²) in [4.78, 5) is 92.1. The second-order valence-corrected chi connectivity index (χ2v) is 20.2. The first-order valence-corrected chi connectivity index (χ1v) is 26.7. The van der Waals surface area contributed by atoms with E-state index >= 15 is 0 Å².